The van der Waals surface area contributed by atoms with Gasteiger partial charge in [0.05, 0.1) is 10.7 Å². The van der Waals surface area contributed by atoms with Crippen LogP contribution in [0, 0.1) is 0 Å². The van der Waals surface area contributed by atoms with E-state index in [-0.39, 0.29) is 24.0 Å². The molecule has 0 radical (unpaired) electrons. The van der Waals surface area contributed by atoms with E-state index in [4.69, 9.17) is 17.3 Å². The van der Waals surface area contributed by atoms with E-state index in [0.29, 0.717) is 17.2 Å². The van der Waals surface area contributed by atoms with Gasteiger partial charge in [-0.25, -0.2) is 4.98 Å². The normalized spacial score (nSPS) is 19.2. The van der Waals surface area contributed by atoms with Gasteiger partial charge in [-0.05, 0) is 18.6 Å². The van der Waals surface area contributed by atoms with Gasteiger partial charge in [-0.1, -0.05) is 11.6 Å². The molecule has 0 aliphatic carbocycles. The number of aromatic nitrogens is 2. The molecule has 1 aliphatic heterocycles. The van der Waals surface area contributed by atoms with Crippen LogP contribution < -0.4 is 11.3 Å². The second-order valence-electron chi connectivity index (χ2n) is 4.95. The van der Waals surface area contributed by atoms with Crippen LogP contribution in [0.25, 0.3) is 5.65 Å². The number of hydrogen-bond donors (Lipinski definition) is 1. The third-order valence-electron chi connectivity index (χ3n) is 3.37. The lowest BCUT2D eigenvalue weighted by molar-refractivity contribution is 0.323. The first-order chi connectivity index (χ1) is 9.11. The second-order valence-corrected chi connectivity index (χ2v) is 5.38. The molecule has 3 rings (SSSR count). The molecule has 1 atom stereocenters. The van der Waals surface area contributed by atoms with Gasteiger partial charge in [0.2, 0.25) is 0 Å². The number of nitrogens with zero attached hydrogens (tertiary/aromatic N) is 3. The Morgan fingerprint density at radius 2 is 2.25 bits per heavy atom. The summed E-state index contributed by atoms with van der Waals surface area (Å²) in [6.07, 6.45) is 2.59. The molecule has 7 heteroatoms. The van der Waals surface area contributed by atoms with Gasteiger partial charge in [0, 0.05) is 37.9 Å². The van der Waals surface area contributed by atoms with Crippen LogP contribution in [0.1, 0.15) is 12.1 Å². The molecule has 2 aromatic rings. The van der Waals surface area contributed by atoms with Crippen molar-refractivity contribution < 1.29 is 0 Å². The van der Waals surface area contributed by atoms with E-state index in [0.717, 1.165) is 25.2 Å². The molecular formula is C13H16Cl2N4O. The molecule has 0 bridgehead atoms. The number of nitrogens with two attached hydrogens (primary N) is 1. The highest BCUT2D eigenvalue weighted by Crippen LogP contribution is 2.12. The Balaban J connectivity index is 0.00000147. The van der Waals surface area contributed by atoms with E-state index in [1.807, 2.05) is 0 Å². The van der Waals surface area contributed by atoms with Gasteiger partial charge in [-0.2, -0.15) is 0 Å². The van der Waals surface area contributed by atoms with Crippen LogP contribution in [-0.4, -0.2) is 33.4 Å². The monoisotopic (exact) mass is 314 g/mol. The largest absolute Gasteiger partial charge is 0.326 e. The predicted octanol–water partition coefficient (Wildman–Crippen LogP) is 1.30. The number of likely N-dealkylation sites (tertiary alicyclic amines) is 1. The lowest BCUT2D eigenvalue weighted by Crippen LogP contribution is -2.27. The molecule has 2 N–H and O–H groups in total. The maximum absolute atomic E-state index is 12.0. The number of rotatable bonds is 2. The molecule has 2 aromatic heterocycles. The lowest BCUT2D eigenvalue weighted by Gasteiger charge is -2.14. The topological polar surface area (TPSA) is 63.6 Å². The summed E-state index contributed by atoms with van der Waals surface area (Å²) in [5.41, 5.74) is 7.17. The first-order valence-electron chi connectivity index (χ1n) is 6.27. The summed E-state index contributed by atoms with van der Waals surface area (Å²) in [4.78, 5) is 18.7. The molecule has 1 saturated heterocycles. The van der Waals surface area contributed by atoms with Gasteiger partial charge in [0.25, 0.3) is 5.56 Å². The van der Waals surface area contributed by atoms with Gasteiger partial charge in [-0.3, -0.25) is 14.1 Å². The number of pyridine rings is 1. The minimum absolute atomic E-state index is 0. The SMILES string of the molecule is Cl.N[C@H]1CCN(Cc2cc(=O)n3cc(Cl)ccc3n2)C1. The van der Waals surface area contributed by atoms with Crippen LogP contribution in [0.4, 0.5) is 0 Å². The van der Waals surface area contributed by atoms with Crippen molar-refractivity contribution in [2.75, 3.05) is 13.1 Å². The third-order valence-corrected chi connectivity index (χ3v) is 3.59. The Labute approximate surface area is 127 Å². The Kier molecular flexibility index (Phi) is 4.65. The highest BCUT2D eigenvalue weighted by Gasteiger charge is 2.19. The van der Waals surface area contributed by atoms with Crippen LogP contribution >= 0.6 is 24.0 Å². The van der Waals surface area contributed by atoms with E-state index in [1.54, 1.807) is 24.4 Å². The van der Waals surface area contributed by atoms with Crippen molar-refractivity contribution in [1.29, 1.82) is 0 Å². The molecule has 0 aromatic carbocycles. The summed E-state index contributed by atoms with van der Waals surface area (Å²) in [5, 5.41) is 0.523. The summed E-state index contributed by atoms with van der Waals surface area (Å²) in [6, 6.07) is 5.29. The Morgan fingerprint density at radius 1 is 1.45 bits per heavy atom. The van der Waals surface area contributed by atoms with Crippen LogP contribution in [0.2, 0.25) is 5.02 Å². The Hall–Kier alpha value is -1.14. The number of halogens is 2. The average molecular weight is 315 g/mol. The van der Waals surface area contributed by atoms with Crippen molar-refractivity contribution >= 4 is 29.7 Å². The van der Waals surface area contributed by atoms with Crippen molar-refractivity contribution in [1.82, 2.24) is 14.3 Å². The minimum atomic E-state index is -0.106. The van der Waals surface area contributed by atoms with Crippen molar-refractivity contribution in [3.8, 4) is 0 Å². The molecule has 20 heavy (non-hydrogen) atoms. The van der Waals surface area contributed by atoms with Crippen molar-refractivity contribution in [2.24, 2.45) is 5.73 Å². The molecule has 5 nitrogen and oxygen atoms in total. The summed E-state index contributed by atoms with van der Waals surface area (Å²) in [5.74, 6) is 0. The number of hydrogen-bond acceptors (Lipinski definition) is 4. The van der Waals surface area contributed by atoms with Crippen LogP contribution in [-0.2, 0) is 6.54 Å². The Morgan fingerprint density at radius 3 is 2.95 bits per heavy atom. The quantitative estimate of drug-likeness (QED) is 0.907. The van der Waals surface area contributed by atoms with Gasteiger partial charge in [0.1, 0.15) is 5.65 Å². The molecule has 0 unspecified atom stereocenters. The first-order valence-corrected chi connectivity index (χ1v) is 6.65. The zero-order valence-electron chi connectivity index (χ0n) is 10.8. The second kappa shape index (κ2) is 6.10. The summed E-state index contributed by atoms with van der Waals surface area (Å²) in [6.45, 7) is 2.49. The van der Waals surface area contributed by atoms with Gasteiger partial charge >= 0.3 is 0 Å². The van der Waals surface area contributed by atoms with Gasteiger partial charge in [0.15, 0.2) is 0 Å². The first kappa shape index (κ1) is 15.3. The van der Waals surface area contributed by atoms with Crippen LogP contribution in [0.15, 0.2) is 29.2 Å². The van der Waals surface area contributed by atoms with Crippen LogP contribution in [0.5, 0.6) is 0 Å². The zero-order valence-corrected chi connectivity index (χ0v) is 12.4. The standard InChI is InChI=1S/C13H15ClN4O.ClH/c14-9-1-2-12-16-11(5-13(19)18(12)6-9)8-17-4-3-10(15)7-17;/h1-2,5-6,10H,3-4,7-8,15H2;1H/t10-;/m0./s1. The van der Waals surface area contributed by atoms with E-state index in [9.17, 15) is 4.79 Å². The van der Waals surface area contributed by atoms with E-state index >= 15 is 0 Å². The minimum Gasteiger partial charge on any atom is -0.326 e. The van der Waals surface area contributed by atoms with Crippen LogP contribution in [0.3, 0.4) is 0 Å². The van der Waals surface area contributed by atoms with Gasteiger partial charge in [-0.15, -0.1) is 12.4 Å². The molecular weight excluding hydrogens is 299 g/mol. The Bertz CT molecular complexity index is 673. The lowest BCUT2D eigenvalue weighted by atomic mass is 10.3. The highest BCUT2D eigenvalue weighted by atomic mass is 35.5. The molecule has 3 heterocycles. The van der Waals surface area contributed by atoms with Gasteiger partial charge < -0.3 is 5.73 Å². The highest BCUT2D eigenvalue weighted by molar-refractivity contribution is 6.30. The molecule has 0 spiro atoms. The maximum atomic E-state index is 12.0. The smallest absolute Gasteiger partial charge is 0.258 e. The summed E-state index contributed by atoms with van der Waals surface area (Å²) in [7, 11) is 0. The predicted molar refractivity (Wildman–Crippen MR) is 81.6 cm³/mol. The summed E-state index contributed by atoms with van der Waals surface area (Å²) < 4.78 is 1.46. The van der Waals surface area contributed by atoms with E-state index in [1.165, 1.54) is 4.40 Å². The van der Waals surface area contributed by atoms with E-state index in [2.05, 4.69) is 9.88 Å². The molecule has 108 valence electrons. The van der Waals surface area contributed by atoms with Crippen molar-refractivity contribution in [3.05, 3.63) is 45.5 Å². The van der Waals surface area contributed by atoms with Crippen molar-refractivity contribution in [2.45, 2.75) is 19.0 Å². The fraction of sp³-hybridized carbons (Fsp3) is 0.385. The molecule has 0 amide bonds. The van der Waals surface area contributed by atoms with Crippen molar-refractivity contribution in [3.63, 3.8) is 0 Å². The maximum Gasteiger partial charge on any atom is 0.258 e. The van der Waals surface area contributed by atoms with E-state index < -0.39 is 0 Å². The third kappa shape index (κ3) is 3.12. The average Bonchev–Trinajstić information content (AvgIpc) is 2.76. The molecule has 1 fully saturated rings. The number of fused-ring (bicyclic) bond motifs is 1. The molecule has 0 saturated carbocycles. The molecule has 1 aliphatic rings. The fourth-order valence-corrected chi connectivity index (χ4v) is 2.60. The fourth-order valence-electron chi connectivity index (χ4n) is 2.44. The zero-order chi connectivity index (χ0) is 13.4. The summed E-state index contributed by atoms with van der Waals surface area (Å²) >= 11 is 5.87.